The Bertz CT molecular complexity index is 704. The van der Waals surface area contributed by atoms with Crippen molar-refractivity contribution in [3.63, 3.8) is 0 Å². The highest BCUT2D eigenvalue weighted by molar-refractivity contribution is 7.86. The first kappa shape index (κ1) is 15.4. The van der Waals surface area contributed by atoms with Gasteiger partial charge in [0, 0.05) is 24.6 Å². The average Bonchev–Trinajstić information content (AvgIpc) is 2.66. The van der Waals surface area contributed by atoms with Crippen molar-refractivity contribution in [1.82, 2.24) is 0 Å². The number of carboxylic acid groups (broad SMARTS) is 1. The van der Waals surface area contributed by atoms with Crippen LogP contribution in [0.4, 0.5) is 14.0 Å². The first-order valence-electron chi connectivity index (χ1n) is 5.93. The number of nitrogens with zero attached hydrogens (tertiary/aromatic N) is 1. The minimum Gasteiger partial charge on any atom is -0.478 e. The maximum absolute atomic E-state index is 13.6. The summed E-state index contributed by atoms with van der Waals surface area (Å²) < 4.78 is 47.4. The van der Waals surface area contributed by atoms with Crippen molar-refractivity contribution in [2.24, 2.45) is 5.92 Å². The molecule has 0 radical (unpaired) electrons. The van der Waals surface area contributed by atoms with E-state index in [-0.39, 0.29) is 18.7 Å². The zero-order chi connectivity index (χ0) is 15.8. The number of anilines is 1. The fourth-order valence-corrected chi connectivity index (χ4v) is 3.06. The molecule has 1 unspecified atom stereocenters. The lowest BCUT2D eigenvalue weighted by molar-refractivity contribution is -0.117. The third kappa shape index (κ3) is 3.54. The van der Waals surface area contributed by atoms with Crippen molar-refractivity contribution in [1.29, 1.82) is 0 Å². The predicted molar refractivity (Wildman–Crippen MR) is 68.7 cm³/mol. The molecule has 1 aromatic rings. The zero-order valence-corrected chi connectivity index (χ0v) is 11.4. The number of amides is 1. The monoisotopic (exact) mass is 319 g/mol. The molecule has 2 rings (SSSR count). The second-order valence-electron chi connectivity index (χ2n) is 4.75. The van der Waals surface area contributed by atoms with Crippen LogP contribution in [-0.4, -0.2) is 37.7 Å². The van der Waals surface area contributed by atoms with Crippen LogP contribution in [0.25, 0.3) is 0 Å². The Kier molecular flexibility index (Phi) is 3.95. The summed E-state index contributed by atoms with van der Waals surface area (Å²) in [5.41, 5.74) is -0.422. The number of halogens is 2. The van der Waals surface area contributed by atoms with Gasteiger partial charge in [-0.3, -0.25) is 4.79 Å². The first-order chi connectivity index (χ1) is 9.67. The van der Waals surface area contributed by atoms with Crippen LogP contribution in [0, 0.1) is 11.7 Å². The number of rotatable bonds is 4. The molecule has 0 aromatic heterocycles. The van der Waals surface area contributed by atoms with E-state index in [0.717, 1.165) is 17.0 Å². The average molecular weight is 319 g/mol. The maximum atomic E-state index is 13.6. The minimum atomic E-state index is -4.69. The molecule has 1 aromatic carbocycles. The van der Waals surface area contributed by atoms with Crippen molar-refractivity contribution in [3.05, 3.63) is 29.6 Å². The van der Waals surface area contributed by atoms with E-state index in [1.165, 1.54) is 6.07 Å². The topological polar surface area (TPSA) is 91.8 Å². The van der Waals surface area contributed by atoms with Crippen LogP contribution in [0.1, 0.15) is 16.8 Å². The number of aromatic carboxylic acids is 1. The van der Waals surface area contributed by atoms with Crippen LogP contribution in [0.5, 0.6) is 0 Å². The van der Waals surface area contributed by atoms with Gasteiger partial charge in [0.25, 0.3) is 0 Å². The Balaban J connectivity index is 2.21. The van der Waals surface area contributed by atoms with E-state index in [0.29, 0.717) is 0 Å². The van der Waals surface area contributed by atoms with E-state index in [2.05, 4.69) is 0 Å². The lowest BCUT2D eigenvalue weighted by Gasteiger charge is -2.17. The summed E-state index contributed by atoms with van der Waals surface area (Å²) in [7, 11) is -4.69. The third-order valence-electron chi connectivity index (χ3n) is 3.13. The molecule has 1 amide bonds. The molecule has 1 N–H and O–H groups in total. The molecule has 0 bridgehead atoms. The molecule has 1 atom stereocenters. The molecule has 9 heteroatoms. The fraction of sp³-hybridized carbons (Fsp3) is 0.333. The summed E-state index contributed by atoms with van der Waals surface area (Å²) >= 11 is 0. The second kappa shape index (κ2) is 5.40. The minimum absolute atomic E-state index is 0.0617. The SMILES string of the molecule is O=C(O)c1ccc(N2CC(CS(=O)(=O)F)CC2=O)cc1F. The number of hydrogen-bond donors (Lipinski definition) is 1. The summed E-state index contributed by atoms with van der Waals surface area (Å²) in [4.78, 5) is 23.6. The fourth-order valence-electron chi connectivity index (χ4n) is 2.27. The number of benzene rings is 1. The van der Waals surface area contributed by atoms with E-state index >= 15 is 0 Å². The van der Waals surface area contributed by atoms with E-state index < -0.39 is 45.2 Å². The Morgan fingerprint density at radius 3 is 2.62 bits per heavy atom. The Labute approximate surface area is 119 Å². The molecule has 114 valence electrons. The van der Waals surface area contributed by atoms with Crippen molar-refractivity contribution in [3.8, 4) is 0 Å². The molecule has 1 aliphatic rings. The van der Waals surface area contributed by atoms with Gasteiger partial charge in [0.1, 0.15) is 5.82 Å². The maximum Gasteiger partial charge on any atom is 0.338 e. The van der Waals surface area contributed by atoms with Crippen LogP contribution in [0.3, 0.4) is 0 Å². The zero-order valence-electron chi connectivity index (χ0n) is 10.6. The lowest BCUT2D eigenvalue weighted by atomic mass is 10.1. The molecule has 1 saturated heterocycles. The molecular weight excluding hydrogens is 308 g/mol. The summed E-state index contributed by atoms with van der Waals surface area (Å²) in [6, 6.07) is 3.14. The van der Waals surface area contributed by atoms with E-state index in [4.69, 9.17) is 5.11 Å². The highest BCUT2D eigenvalue weighted by Crippen LogP contribution is 2.27. The van der Waals surface area contributed by atoms with Crippen molar-refractivity contribution >= 4 is 27.8 Å². The molecule has 0 spiro atoms. The Morgan fingerprint density at radius 1 is 1.43 bits per heavy atom. The number of carbonyl (C=O) groups excluding carboxylic acids is 1. The van der Waals surface area contributed by atoms with Gasteiger partial charge in [0.05, 0.1) is 11.3 Å². The first-order valence-corrected chi connectivity index (χ1v) is 7.48. The van der Waals surface area contributed by atoms with Gasteiger partial charge in [0.2, 0.25) is 5.91 Å². The van der Waals surface area contributed by atoms with Crippen molar-refractivity contribution < 1.29 is 31.4 Å². The molecule has 21 heavy (non-hydrogen) atoms. The predicted octanol–water partition coefficient (Wildman–Crippen LogP) is 1.18. The van der Waals surface area contributed by atoms with Gasteiger partial charge in [-0.05, 0) is 18.2 Å². The number of carbonyl (C=O) groups is 2. The molecule has 0 saturated carbocycles. The van der Waals surface area contributed by atoms with E-state index in [9.17, 15) is 26.3 Å². The Hall–Kier alpha value is -2.03. The molecular formula is C12H11F2NO5S. The smallest absolute Gasteiger partial charge is 0.338 e. The summed E-state index contributed by atoms with van der Waals surface area (Å²) in [6.07, 6.45) is -0.161. The van der Waals surface area contributed by atoms with Crippen LogP contribution >= 0.6 is 0 Å². The van der Waals surface area contributed by atoms with Crippen LogP contribution in [-0.2, 0) is 15.0 Å². The van der Waals surface area contributed by atoms with Gasteiger partial charge in [-0.15, -0.1) is 3.89 Å². The van der Waals surface area contributed by atoms with Gasteiger partial charge < -0.3 is 10.0 Å². The summed E-state index contributed by atoms with van der Waals surface area (Å²) in [5.74, 6) is -4.39. The van der Waals surface area contributed by atoms with Crippen LogP contribution in [0.2, 0.25) is 0 Å². The van der Waals surface area contributed by atoms with Crippen molar-refractivity contribution in [2.45, 2.75) is 6.42 Å². The normalized spacial score (nSPS) is 19.0. The van der Waals surface area contributed by atoms with Crippen LogP contribution < -0.4 is 4.90 Å². The quantitative estimate of drug-likeness (QED) is 0.841. The second-order valence-corrected chi connectivity index (χ2v) is 6.16. The molecule has 6 nitrogen and oxygen atoms in total. The van der Waals surface area contributed by atoms with Crippen molar-refractivity contribution in [2.75, 3.05) is 17.2 Å². The standard InChI is InChI=1S/C12H11F2NO5S/c13-10-4-8(1-2-9(10)12(17)18)15-5-7(3-11(15)16)6-21(14,19)20/h1-2,4,7H,3,5-6H2,(H,17,18). The van der Waals surface area contributed by atoms with Gasteiger partial charge in [0.15, 0.2) is 0 Å². The lowest BCUT2D eigenvalue weighted by Crippen LogP contribution is -2.25. The Morgan fingerprint density at radius 2 is 2.10 bits per heavy atom. The van der Waals surface area contributed by atoms with Crippen LogP contribution in [0.15, 0.2) is 18.2 Å². The third-order valence-corrected chi connectivity index (χ3v) is 4.00. The van der Waals surface area contributed by atoms with Gasteiger partial charge in [-0.2, -0.15) is 8.42 Å². The van der Waals surface area contributed by atoms with E-state index in [1.807, 2.05) is 0 Å². The highest BCUT2D eigenvalue weighted by atomic mass is 32.3. The highest BCUT2D eigenvalue weighted by Gasteiger charge is 2.34. The largest absolute Gasteiger partial charge is 0.478 e. The molecule has 0 aliphatic carbocycles. The van der Waals surface area contributed by atoms with Gasteiger partial charge in [-0.25, -0.2) is 9.18 Å². The molecule has 1 fully saturated rings. The van der Waals surface area contributed by atoms with E-state index in [1.54, 1.807) is 0 Å². The molecule has 1 heterocycles. The summed E-state index contributed by atoms with van der Waals surface area (Å²) in [6.45, 7) is -0.0617. The number of hydrogen-bond acceptors (Lipinski definition) is 4. The summed E-state index contributed by atoms with van der Waals surface area (Å²) in [5, 5.41) is 8.71. The number of carboxylic acids is 1. The van der Waals surface area contributed by atoms with Gasteiger partial charge >= 0.3 is 16.2 Å². The van der Waals surface area contributed by atoms with Gasteiger partial charge in [-0.1, -0.05) is 0 Å². The molecule has 1 aliphatic heterocycles.